The highest BCUT2D eigenvalue weighted by Crippen LogP contribution is 2.31. The van der Waals surface area contributed by atoms with Crippen LogP contribution in [0.25, 0.3) is 10.2 Å². The maximum atomic E-state index is 12.2. The standard InChI is InChI=1S/C19H20N2O2S2/c1-3-23-15-9-10-16-17(11-15)25-19(21-16)24-12-18(22)20-13(2)14-7-5-4-6-8-14/h4-11,13H,3,12H2,1-2H3,(H,20,22). The third-order valence-electron chi connectivity index (χ3n) is 3.66. The van der Waals surface area contributed by atoms with Crippen molar-refractivity contribution in [3.8, 4) is 5.75 Å². The predicted octanol–water partition coefficient (Wildman–Crippen LogP) is 4.66. The van der Waals surface area contributed by atoms with Gasteiger partial charge in [-0.3, -0.25) is 4.79 Å². The molecule has 25 heavy (non-hydrogen) atoms. The highest BCUT2D eigenvalue weighted by atomic mass is 32.2. The first-order chi connectivity index (χ1) is 12.2. The number of nitrogens with zero attached hydrogens (tertiary/aromatic N) is 1. The fourth-order valence-corrected chi connectivity index (χ4v) is 4.35. The Morgan fingerprint density at radius 2 is 2.08 bits per heavy atom. The van der Waals surface area contributed by atoms with E-state index >= 15 is 0 Å². The van der Waals surface area contributed by atoms with Crippen molar-refractivity contribution < 1.29 is 9.53 Å². The van der Waals surface area contributed by atoms with Crippen molar-refractivity contribution in [3.05, 3.63) is 54.1 Å². The van der Waals surface area contributed by atoms with Crippen LogP contribution in [-0.4, -0.2) is 23.3 Å². The Balaban J connectivity index is 1.57. The van der Waals surface area contributed by atoms with Crippen LogP contribution >= 0.6 is 23.1 Å². The number of hydrogen-bond acceptors (Lipinski definition) is 5. The number of ether oxygens (including phenoxy) is 1. The zero-order chi connectivity index (χ0) is 17.6. The average molecular weight is 373 g/mol. The molecule has 0 saturated heterocycles. The van der Waals surface area contributed by atoms with Gasteiger partial charge in [-0.2, -0.15) is 0 Å². The molecule has 0 bridgehead atoms. The van der Waals surface area contributed by atoms with Crippen LogP contribution in [0.2, 0.25) is 0 Å². The lowest BCUT2D eigenvalue weighted by Crippen LogP contribution is -2.28. The van der Waals surface area contributed by atoms with Gasteiger partial charge in [0.15, 0.2) is 4.34 Å². The van der Waals surface area contributed by atoms with Crippen LogP contribution < -0.4 is 10.1 Å². The van der Waals surface area contributed by atoms with Crippen LogP contribution in [0.15, 0.2) is 52.9 Å². The van der Waals surface area contributed by atoms with Crippen molar-refractivity contribution in [1.29, 1.82) is 0 Å². The second kappa shape index (κ2) is 8.36. The fourth-order valence-electron chi connectivity index (χ4n) is 2.44. The third kappa shape index (κ3) is 4.74. The molecule has 0 fully saturated rings. The van der Waals surface area contributed by atoms with E-state index in [0.717, 1.165) is 25.9 Å². The molecular weight excluding hydrogens is 352 g/mol. The van der Waals surface area contributed by atoms with Gasteiger partial charge in [-0.15, -0.1) is 11.3 Å². The first kappa shape index (κ1) is 17.8. The van der Waals surface area contributed by atoms with Gasteiger partial charge in [0.05, 0.1) is 28.6 Å². The van der Waals surface area contributed by atoms with E-state index in [1.165, 1.54) is 11.8 Å². The second-order valence-electron chi connectivity index (χ2n) is 5.53. The maximum Gasteiger partial charge on any atom is 0.230 e. The van der Waals surface area contributed by atoms with Crippen LogP contribution in [0.5, 0.6) is 5.75 Å². The monoisotopic (exact) mass is 372 g/mol. The van der Waals surface area contributed by atoms with Gasteiger partial charge in [-0.1, -0.05) is 42.1 Å². The molecule has 1 amide bonds. The molecule has 1 unspecified atom stereocenters. The SMILES string of the molecule is CCOc1ccc2nc(SCC(=O)NC(C)c3ccccc3)sc2c1. The van der Waals surface area contributed by atoms with Crippen molar-refractivity contribution in [2.24, 2.45) is 0 Å². The minimum Gasteiger partial charge on any atom is -0.494 e. The molecule has 2 aromatic carbocycles. The number of fused-ring (bicyclic) bond motifs is 1. The summed E-state index contributed by atoms with van der Waals surface area (Å²) in [5.74, 6) is 1.22. The number of hydrogen-bond donors (Lipinski definition) is 1. The van der Waals surface area contributed by atoms with Crippen LogP contribution in [-0.2, 0) is 4.79 Å². The van der Waals surface area contributed by atoms with Crippen molar-refractivity contribution in [1.82, 2.24) is 10.3 Å². The number of amides is 1. The topological polar surface area (TPSA) is 51.2 Å². The van der Waals surface area contributed by atoms with E-state index in [1.807, 2.05) is 62.4 Å². The molecule has 1 heterocycles. The van der Waals surface area contributed by atoms with E-state index in [1.54, 1.807) is 11.3 Å². The summed E-state index contributed by atoms with van der Waals surface area (Å²) in [6.07, 6.45) is 0. The zero-order valence-corrected chi connectivity index (χ0v) is 15.8. The Kier molecular flexibility index (Phi) is 5.94. The van der Waals surface area contributed by atoms with Gasteiger partial charge in [0.1, 0.15) is 5.75 Å². The van der Waals surface area contributed by atoms with Crippen molar-refractivity contribution >= 4 is 39.2 Å². The first-order valence-electron chi connectivity index (χ1n) is 8.16. The largest absolute Gasteiger partial charge is 0.494 e. The predicted molar refractivity (Wildman–Crippen MR) is 105 cm³/mol. The number of thiazole rings is 1. The minimum atomic E-state index is -0.00146. The Labute approximate surface area is 155 Å². The number of carbonyl (C=O) groups is 1. The Morgan fingerprint density at radius 1 is 1.28 bits per heavy atom. The summed E-state index contributed by atoms with van der Waals surface area (Å²) in [5, 5.41) is 3.02. The molecule has 0 aliphatic heterocycles. The molecular formula is C19H20N2O2S2. The number of carbonyl (C=O) groups excluding carboxylic acids is 1. The molecule has 0 aliphatic rings. The number of thioether (sulfide) groups is 1. The molecule has 6 heteroatoms. The van der Waals surface area contributed by atoms with Gasteiger partial charge in [0.2, 0.25) is 5.91 Å². The van der Waals surface area contributed by atoms with Gasteiger partial charge in [-0.05, 0) is 37.6 Å². The lowest BCUT2D eigenvalue weighted by Gasteiger charge is -2.13. The quantitative estimate of drug-likeness (QED) is 0.613. The first-order valence-corrected chi connectivity index (χ1v) is 9.96. The van der Waals surface area contributed by atoms with Gasteiger partial charge in [0, 0.05) is 0 Å². The second-order valence-corrected chi connectivity index (χ2v) is 7.78. The molecule has 130 valence electrons. The number of nitrogens with one attached hydrogen (secondary N) is 1. The zero-order valence-electron chi connectivity index (χ0n) is 14.2. The molecule has 1 atom stereocenters. The summed E-state index contributed by atoms with van der Waals surface area (Å²) in [4.78, 5) is 16.7. The number of rotatable bonds is 7. The van der Waals surface area contributed by atoms with Crippen molar-refractivity contribution in [3.63, 3.8) is 0 Å². The van der Waals surface area contributed by atoms with Crippen molar-refractivity contribution in [2.45, 2.75) is 24.2 Å². The Morgan fingerprint density at radius 3 is 2.84 bits per heavy atom. The Bertz CT molecular complexity index is 849. The van der Waals surface area contributed by atoms with E-state index in [0.29, 0.717) is 12.4 Å². The smallest absolute Gasteiger partial charge is 0.230 e. The highest BCUT2D eigenvalue weighted by Gasteiger charge is 2.12. The maximum absolute atomic E-state index is 12.2. The molecule has 4 nitrogen and oxygen atoms in total. The summed E-state index contributed by atoms with van der Waals surface area (Å²) < 4.78 is 7.49. The molecule has 0 radical (unpaired) electrons. The van der Waals surface area contributed by atoms with Gasteiger partial charge >= 0.3 is 0 Å². The molecule has 3 aromatic rings. The van der Waals surface area contributed by atoms with Gasteiger partial charge in [0.25, 0.3) is 0 Å². The number of benzene rings is 2. The third-order valence-corrected chi connectivity index (χ3v) is 5.82. The number of aromatic nitrogens is 1. The van der Waals surface area contributed by atoms with Crippen LogP contribution in [0.3, 0.4) is 0 Å². The summed E-state index contributed by atoms with van der Waals surface area (Å²) in [7, 11) is 0. The average Bonchev–Trinajstić information content (AvgIpc) is 3.03. The van der Waals surface area contributed by atoms with Gasteiger partial charge in [-0.25, -0.2) is 4.98 Å². The summed E-state index contributed by atoms with van der Waals surface area (Å²) in [6, 6.07) is 15.8. The van der Waals surface area contributed by atoms with Crippen molar-refractivity contribution in [2.75, 3.05) is 12.4 Å². The normalized spacial score (nSPS) is 12.1. The molecule has 0 saturated carbocycles. The van der Waals surface area contributed by atoms with E-state index in [4.69, 9.17) is 4.74 Å². The molecule has 0 spiro atoms. The molecule has 1 aromatic heterocycles. The van der Waals surface area contributed by atoms with Gasteiger partial charge < -0.3 is 10.1 Å². The minimum absolute atomic E-state index is 0.00146. The highest BCUT2D eigenvalue weighted by molar-refractivity contribution is 8.01. The van der Waals surface area contributed by atoms with E-state index in [9.17, 15) is 4.79 Å². The molecule has 3 rings (SSSR count). The van der Waals surface area contributed by atoms with E-state index in [-0.39, 0.29) is 11.9 Å². The van der Waals surface area contributed by atoms with Crippen LogP contribution in [0, 0.1) is 0 Å². The Hall–Kier alpha value is -2.05. The summed E-state index contributed by atoms with van der Waals surface area (Å²) in [6.45, 7) is 4.60. The molecule has 0 aliphatic carbocycles. The summed E-state index contributed by atoms with van der Waals surface area (Å²) >= 11 is 3.05. The van der Waals surface area contributed by atoms with E-state index in [2.05, 4.69) is 10.3 Å². The lowest BCUT2D eigenvalue weighted by atomic mass is 10.1. The van der Waals surface area contributed by atoms with Crippen LogP contribution in [0.1, 0.15) is 25.5 Å². The lowest BCUT2D eigenvalue weighted by molar-refractivity contribution is -0.119. The van der Waals surface area contributed by atoms with Crippen LogP contribution in [0.4, 0.5) is 0 Å². The fraction of sp³-hybridized carbons (Fsp3) is 0.263. The summed E-state index contributed by atoms with van der Waals surface area (Å²) in [5.41, 5.74) is 2.04. The molecule has 1 N–H and O–H groups in total. The van der Waals surface area contributed by atoms with E-state index < -0.39 is 0 Å².